The second-order valence-electron chi connectivity index (χ2n) is 5.55. The van der Waals surface area contributed by atoms with Crippen LogP contribution < -0.4 is 0 Å². The Morgan fingerprint density at radius 3 is 2.42 bits per heavy atom. The summed E-state index contributed by atoms with van der Waals surface area (Å²) in [5.74, 6) is 2.68. The average Bonchev–Trinajstić information content (AvgIpc) is 2.88. The van der Waals surface area contributed by atoms with E-state index in [1.165, 1.54) is 0 Å². The van der Waals surface area contributed by atoms with Crippen LogP contribution in [-0.2, 0) is 13.1 Å². The molecule has 0 bridgehead atoms. The monoisotopic (exact) mass is 263 g/mol. The maximum atomic E-state index is 10.00. The van der Waals surface area contributed by atoms with Crippen LogP contribution in [0.4, 0.5) is 0 Å². The minimum Gasteiger partial charge on any atom is -0.468 e. The highest BCUT2D eigenvalue weighted by atomic mass is 16.3. The first-order valence-electron chi connectivity index (χ1n) is 6.45. The van der Waals surface area contributed by atoms with Crippen molar-refractivity contribution in [1.82, 2.24) is 4.90 Å². The molecule has 1 N–H and O–H groups in total. The Morgan fingerprint density at radius 2 is 1.89 bits per heavy atom. The normalized spacial score (nSPS) is 12.3. The van der Waals surface area contributed by atoms with E-state index in [1.807, 2.05) is 31.2 Å². The van der Waals surface area contributed by atoms with Gasteiger partial charge < -0.3 is 13.9 Å². The fourth-order valence-electron chi connectivity index (χ4n) is 2.13. The van der Waals surface area contributed by atoms with Crippen molar-refractivity contribution in [2.24, 2.45) is 0 Å². The third kappa shape index (κ3) is 4.58. The Labute approximate surface area is 113 Å². The van der Waals surface area contributed by atoms with Gasteiger partial charge in [-0.05, 0) is 45.0 Å². The lowest BCUT2D eigenvalue weighted by molar-refractivity contribution is 0.0263. The molecule has 2 aromatic rings. The Hall–Kier alpha value is -1.52. The van der Waals surface area contributed by atoms with Crippen molar-refractivity contribution in [1.29, 1.82) is 0 Å². The van der Waals surface area contributed by atoms with E-state index in [1.54, 1.807) is 20.1 Å². The van der Waals surface area contributed by atoms with E-state index in [4.69, 9.17) is 8.83 Å². The van der Waals surface area contributed by atoms with Crippen LogP contribution in [0.25, 0.3) is 0 Å². The lowest BCUT2D eigenvalue weighted by Crippen LogP contribution is -2.37. The Bertz CT molecular complexity index is 494. The van der Waals surface area contributed by atoms with Gasteiger partial charge in [0, 0.05) is 6.54 Å². The molecule has 0 unspecified atom stereocenters. The topological polar surface area (TPSA) is 49.8 Å². The van der Waals surface area contributed by atoms with Crippen LogP contribution in [0.1, 0.15) is 31.1 Å². The molecule has 0 spiro atoms. The molecule has 0 saturated heterocycles. The summed E-state index contributed by atoms with van der Waals surface area (Å²) in [6.07, 6.45) is 1.66. The van der Waals surface area contributed by atoms with E-state index in [-0.39, 0.29) is 0 Å². The number of hydrogen-bond acceptors (Lipinski definition) is 4. The van der Waals surface area contributed by atoms with Gasteiger partial charge in [0.2, 0.25) is 0 Å². The Morgan fingerprint density at radius 1 is 1.16 bits per heavy atom. The number of nitrogens with zero attached hydrogens (tertiary/aromatic N) is 1. The standard InChI is InChI=1S/C15H21NO3/c1-12-6-7-14(19-12)10-16(11-15(2,3)17)9-13-5-4-8-18-13/h4-8,17H,9-11H2,1-3H3. The lowest BCUT2D eigenvalue weighted by atomic mass is 10.1. The molecule has 0 saturated carbocycles. The van der Waals surface area contributed by atoms with Gasteiger partial charge in [0.05, 0.1) is 25.0 Å². The van der Waals surface area contributed by atoms with Gasteiger partial charge in [-0.1, -0.05) is 0 Å². The molecular weight excluding hydrogens is 242 g/mol. The fraction of sp³-hybridized carbons (Fsp3) is 0.467. The van der Waals surface area contributed by atoms with Crippen molar-refractivity contribution in [2.45, 2.75) is 39.5 Å². The van der Waals surface area contributed by atoms with Crippen LogP contribution in [0.5, 0.6) is 0 Å². The van der Waals surface area contributed by atoms with Gasteiger partial charge >= 0.3 is 0 Å². The third-order valence-corrected chi connectivity index (χ3v) is 2.75. The third-order valence-electron chi connectivity index (χ3n) is 2.75. The molecule has 0 aromatic carbocycles. The number of aryl methyl sites for hydroxylation is 1. The molecule has 104 valence electrons. The second kappa shape index (κ2) is 5.63. The molecule has 2 rings (SSSR count). The summed E-state index contributed by atoms with van der Waals surface area (Å²) in [6, 6.07) is 7.72. The fourth-order valence-corrected chi connectivity index (χ4v) is 2.13. The quantitative estimate of drug-likeness (QED) is 0.870. The molecule has 0 aliphatic carbocycles. The molecule has 2 aromatic heterocycles. The first kappa shape index (κ1) is 13.9. The SMILES string of the molecule is Cc1ccc(CN(Cc2ccco2)CC(C)(C)O)o1. The highest BCUT2D eigenvalue weighted by Gasteiger charge is 2.20. The van der Waals surface area contributed by atoms with Gasteiger partial charge in [-0.25, -0.2) is 0 Å². The smallest absolute Gasteiger partial charge is 0.118 e. The summed E-state index contributed by atoms with van der Waals surface area (Å²) in [5, 5.41) is 10.00. The molecule has 0 radical (unpaired) electrons. The van der Waals surface area contributed by atoms with Gasteiger partial charge in [0.1, 0.15) is 17.3 Å². The number of hydrogen-bond donors (Lipinski definition) is 1. The molecule has 0 fully saturated rings. The van der Waals surface area contributed by atoms with Crippen molar-refractivity contribution < 1.29 is 13.9 Å². The summed E-state index contributed by atoms with van der Waals surface area (Å²) in [4.78, 5) is 2.11. The van der Waals surface area contributed by atoms with Gasteiger partial charge in [-0.2, -0.15) is 0 Å². The zero-order valence-electron chi connectivity index (χ0n) is 11.7. The van der Waals surface area contributed by atoms with Crippen LogP contribution in [0.15, 0.2) is 39.4 Å². The minimum atomic E-state index is -0.756. The maximum Gasteiger partial charge on any atom is 0.118 e. The molecule has 0 amide bonds. The van der Waals surface area contributed by atoms with Crippen LogP contribution >= 0.6 is 0 Å². The summed E-state index contributed by atoms with van der Waals surface area (Å²) in [7, 11) is 0. The van der Waals surface area contributed by atoms with Crippen molar-refractivity contribution in [3.63, 3.8) is 0 Å². The molecule has 19 heavy (non-hydrogen) atoms. The Balaban J connectivity index is 2.05. The molecular formula is C15H21NO3. The summed E-state index contributed by atoms with van der Waals surface area (Å²) in [5.41, 5.74) is -0.756. The van der Waals surface area contributed by atoms with Gasteiger partial charge in [-0.3, -0.25) is 4.90 Å². The summed E-state index contributed by atoms with van der Waals surface area (Å²) in [6.45, 7) is 7.38. The predicted octanol–water partition coefficient (Wildman–Crippen LogP) is 2.95. The molecule has 0 aliphatic heterocycles. The van der Waals surface area contributed by atoms with Crippen LogP contribution in [0.3, 0.4) is 0 Å². The summed E-state index contributed by atoms with van der Waals surface area (Å²) >= 11 is 0. The summed E-state index contributed by atoms with van der Waals surface area (Å²) < 4.78 is 11.0. The first-order chi connectivity index (χ1) is 8.92. The predicted molar refractivity (Wildman–Crippen MR) is 72.6 cm³/mol. The molecule has 4 heteroatoms. The van der Waals surface area contributed by atoms with Crippen LogP contribution in [0.2, 0.25) is 0 Å². The van der Waals surface area contributed by atoms with Crippen molar-refractivity contribution >= 4 is 0 Å². The van der Waals surface area contributed by atoms with E-state index in [2.05, 4.69) is 4.90 Å². The molecule has 2 heterocycles. The van der Waals surface area contributed by atoms with Crippen molar-refractivity contribution in [3.05, 3.63) is 47.8 Å². The highest BCUT2D eigenvalue weighted by Crippen LogP contribution is 2.16. The number of aliphatic hydroxyl groups is 1. The number of rotatable bonds is 6. The Kier molecular flexibility index (Phi) is 4.12. The van der Waals surface area contributed by atoms with Crippen LogP contribution in [-0.4, -0.2) is 22.2 Å². The lowest BCUT2D eigenvalue weighted by Gasteiger charge is -2.27. The average molecular weight is 263 g/mol. The zero-order valence-corrected chi connectivity index (χ0v) is 11.7. The van der Waals surface area contributed by atoms with E-state index in [9.17, 15) is 5.11 Å². The maximum absolute atomic E-state index is 10.00. The first-order valence-corrected chi connectivity index (χ1v) is 6.45. The van der Waals surface area contributed by atoms with Crippen LogP contribution in [0, 0.1) is 6.92 Å². The van der Waals surface area contributed by atoms with Gasteiger partial charge in [0.15, 0.2) is 0 Å². The van der Waals surface area contributed by atoms with E-state index in [0.717, 1.165) is 17.3 Å². The molecule has 4 nitrogen and oxygen atoms in total. The van der Waals surface area contributed by atoms with E-state index < -0.39 is 5.60 Å². The van der Waals surface area contributed by atoms with E-state index in [0.29, 0.717) is 19.6 Å². The van der Waals surface area contributed by atoms with Crippen molar-refractivity contribution in [2.75, 3.05) is 6.54 Å². The highest BCUT2D eigenvalue weighted by molar-refractivity contribution is 5.06. The number of furan rings is 2. The van der Waals surface area contributed by atoms with Gasteiger partial charge in [0.25, 0.3) is 0 Å². The molecule has 0 aliphatic rings. The second-order valence-corrected chi connectivity index (χ2v) is 5.55. The van der Waals surface area contributed by atoms with Crippen molar-refractivity contribution in [3.8, 4) is 0 Å². The minimum absolute atomic E-state index is 0.549. The molecule has 0 atom stereocenters. The largest absolute Gasteiger partial charge is 0.468 e. The van der Waals surface area contributed by atoms with E-state index >= 15 is 0 Å². The van der Waals surface area contributed by atoms with Gasteiger partial charge in [-0.15, -0.1) is 0 Å². The zero-order chi connectivity index (χ0) is 13.9.